The van der Waals surface area contributed by atoms with Gasteiger partial charge in [-0.1, -0.05) is 32.1 Å². The minimum absolute atomic E-state index is 0.186. The van der Waals surface area contributed by atoms with Crippen molar-refractivity contribution >= 4 is 21.6 Å². The van der Waals surface area contributed by atoms with Gasteiger partial charge in [-0.3, -0.25) is 0 Å². The summed E-state index contributed by atoms with van der Waals surface area (Å²) in [6.07, 6.45) is 9.04. The highest BCUT2D eigenvalue weighted by Gasteiger charge is 2.13. The number of halogens is 2. The van der Waals surface area contributed by atoms with E-state index in [1.165, 1.54) is 44.9 Å². The van der Waals surface area contributed by atoms with E-state index in [1.54, 1.807) is 6.07 Å². The fraction of sp³-hybridized carbons (Fsp3) is 0.600. The van der Waals surface area contributed by atoms with Crippen LogP contribution in [0, 0.1) is 12.7 Å². The zero-order chi connectivity index (χ0) is 13.0. The summed E-state index contributed by atoms with van der Waals surface area (Å²) in [6, 6.07) is 3.96. The summed E-state index contributed by atoms with van der Waals surface area (Å²) in [4.78, 5) is 0. The lowest BCUT2D eigenvalue weighted by atomic mass is 9.96. The lowest BCUT2D eigenvalue weighted by molar-refractivity contribution is 0.471. The van der Waals surface area contributed by atoms with Crippen molar-refractivity contribution in [2.45, 2.75) is 57.9 Å². The predicted molar refractivity (Wildman–Crippen MR) is 78.6 cm³/mol. The Bertz CT molecular complexity index is 398. The van der Waals surface area contributed by atoms with E-state index in [0.717, 1.165) is 11.3 Å². The van der Waals surface area contributed by atoms with Crippen molar-refractivity contribution in [3.63, 3.8) is 0 Å². The van der Waals surface area contributed by atoms with Crippen LogP contribution in [0.15, 0.2) is 16.6 Å². The smallest absolute Gasteiger partial charge is 0.139 e. The zero-order valence-electron chi connectivity index (χ0n) is 10.9. The largest absolute Gasteiger partial charge is 0.382 e. The van der Waals surface area contributed by atoms with Crippen LogP contribution < -0.4 is 5.32 Å². The molecule has 18 heavy (non-hydrogen) atoms. The van der Waals surface area contributed by atoms with E-state index in [1.807, 2.05) is 13.0 Å². The van der Waals surface area contributed by atoms with Crippen LogP contribution in [0.1, 0.15) is 50.5 Å². The minimum atomic E-state index is -0.186. The quantitative estimate of drug-likeness (QED) is 0.768. The Balaban J connectivity index is 2.05. The molecule has 1 nitrogen and oxygen atoms in total. The highest BCUT2D eigenvalue weighted by molar-refractivity contribution is 9.10. The van der Waals surface area contributed by atoms with Crippen molar-refractivity contribution in [2.75, 3.05) is 5.32 Å². The summed E-state index contributed by atoms with van der Waals surface area (Å²) >= 11 is 3.23. The molecule has 0 amide bonds. The molecular formula is C15H21BrFN. The number of aryl methyl sites for hydroxylation is 1. The molecule has 0 spiro atoms. The van der Waals surface area contributed by atoms with Crippen molar-refractivity contribution in [3.8, 4) is 0 Å². The van der Waals surface area contributed by atoms with Crippen molar-refractivity contribution in [1.82, 2.24) is 0 Å². The van der Waals surface area contributed by atoms with Gasteiger partial charge in [0.15, 0.2) is 0 Å². The first-order valence-electron chi connectivity index (χ1n) is 6.89. The average Bonchev–Trinajstić information content (AvgIpc) is 2.29. The minimum Gasteiger partial charge on any atom is -0.382 e. The first-order valence-corrected chi connectivity index (χ1v) is 7.68. The fourth-order valence-electron chi connectivity index (χ4n) is 2.62. The summed E-state index contributed by atoms with van der Waals surface area (Å²) < 4.78 is 14.1. The molecule has 0 saturated heterocycles. The highest BCUT2D eigenvalue weighted by Crippen LogP contribution is 2.27. The van der Waals surface area contributed by atoms with Crippen LogP contribution in [-0.2, 0) is 0 Å². The molecule has 0 unspecified atom stereocenters. The fourth-order valence-corrected chi connectivity index (χ4v) is 3.08. The summed E-state index contributed by atoms with van der Waals surface area (Å²) in [5.41, 5.74) is 2.05. The Morgan fingerprint density at radius 2 is 1.72 bits per heavy atom. The van der Waals surface area contributed by atoms with Gasteiger partial charge >= 0.3 is 0 Å². The standard InChI is InChI=1S/C15H21BrFN/c1-11-9-13(16)14(17)10-15(11)18-12-7-5-3-2-4-6-8-12/h9-10,12,18H,2-8H2,1H3. The Kier molecular flexibility index (Phi) is 5.04. The lowest BCUT2D eigenvalue weighted by Crippen LogP contribution is -2.21. The number of nitrogens with one attached hydrogen (secondary N) is 1. The number of benzene rings is 1. The summed E-state index contributed by atoms with van der Waals surface area (Å²) in [5.74, 6) is -0.186. The topological polar surface area (TPSA) is 12.0 Å². The second-order valence-corrected chi connectivity index (χ2v) is 6.12. The number of rotatable bonds is 2. The summed E-state index contributed by atoms with van der Waals surface area (Å²) in [6.45, 7) is 2.02. The SMILES string of the molecule is Cc1cc(Br)c(F)cc1NC1CCCCCCC1. The van der Waals surface area contributed by atoms with Crippen LogP contribution >= 0.6 is 15.9 Å². The molecule has 2 rings (SSSR count). The first-order chi connectivity index (χ1) is 8.66. The van der Waals surface area contributed by atoms with Crippen LogP contribution in [0.2, 0.25) is 0 Å². The van der Waals surface area contributed by atoms with E-state index < -0.39 is 0 Å². The van der Waals surface area contributed by atoms with Crippen LogP contribution in [0.5, 0.6) is 0 Å². The second-order valence-electron chi connectivity index (χ2n) is 5.27. The van der Waals surface area contributed by atoms with Gasteiger partial charge in [0.2, 0.25) is 0 Å². The molecular weight excluding hydrogens is 293 g/mol. The Morgan fingerprint density at radius 3 is 2.39 bits per heavy atom. The van der Waals surface area contributed by atoms with Gasteiger partial charge in [0, 0.05) is 11.7 Å². The molecule has 3 heteroatoms. The van der Waals surface area contributed by atoms with E-state index >= 15 is 0 Å². The number of hydrogen-bond donors (Lipinski definition) is 1. The molecule has 100 valence electrons. The van der Waals surface area contributed by atoms with Crippen molar-refractivity contribution < 1.29 is 4.39 Å². The van der Waals surface area contributed by atoms with E-state index in [0.29, 0.717) is 10.5 Å². The van der Waals surface area contributed by atoms with Gasteiger partial charge in [-0.2, -0.15) is 0 Å². The molecule has 0 aliphatic heterocycles. The first kappa shape index (κ1) is 13.9. The molecule has 0 atom stereocenters. The monoisotopic (exact) mass is 313 g/mol. The molecule has 1 aromatic rings. The van der Waals surface area contributed by atoms with Crippen LogP contribution in [-0.4, -0.2) is 6.04 Å². The van der Waals surface area contributed by atoms with Crippen LogP contribution in [0.3, 0.4) is 0 Å². The zero-order valence-corrected chi connectivity index (χ0v) is 12.5. The van der Waals surface area contributed by atoms with Gasteiger partial charge < -0.3 is 5.32 Å². The predicted octanol–water partition coefficient (Wildman–Crippen LogP) is 5.42. The maximum atomic E-state index is 13.6. The Labute approximate surface area is 117 Å². The van der Waals surface area contributed by atoms with E-state index in [4.69, 9.17) is 0 Å². The van der Waals surface area contributed by atoms with Gasteiger partial charge in [-0.15, -0.1) is 0 Å². The van der Waals surface area contributed by atoms with Gasteiger partial charge in [-0.25, -0.2) is 4.39 Å². The lowest BCUT2D eigenvalue weighted by Gasteiger charge is -2.23. The number of anilines is 1. The Hall–Kier alpha value is -0.570. The maximum absolute atomic E-state index is 13.6. The Morgan fingerprint density at radius 1 is 1.11 bits per heavy atom. The molecule has 0 aromatic heterocycles. The van der Waals surface area contributed by atoms with Gasteiger partial charge in [-0.05, 0) is 53.4 Å². The van der Waals surface area contributed by atoms with Gasteiger partial charge in [0.05, 0.1) is 4.47 Å². The molecule has 1 fully saturated rings. The molecule has 0 heterocycles. The van der Waals surface area contributed by atoms with Crippen LogP contribution in [0.4, 0.5) is 10.1 Å². The van der Waals surface area contributed by atoms with E-state index in [2.05, 4.69) is 21.2 Å². The molecule has 1 aliphatic rings. The number of hydrogen-bond acceptors (Lipinski definition) is 1. The maximum Gasteiger partial charge on any atom is 0.139 e. The van der Waals surface area contributed by atoms with E-state index in [9.17, 15) is 4.39 Å². The van der Waals surface area contributed by atoms with Gasteiger partial charge in [0.1, 0.15) is 5.82 Å². The molecule has 1 N–H and O–H groups in total. The third-order valence-electron chi connectivity index (χ3n) is 3.73. The average molecular weight is 314 g/mol. The molecule has 1 saturated carbocycles. The molecule has 1 aliphatic carbocycles. The van der Waals surface area contributed by atoms with Crippen LogP contribution in [0.25, 0.3) is 0 Å². The molecule has 1 aromatic carbocycles. The second kappa shape index (κ2) is 6.55. The third-order valence-corrected chi connectivity index (χ3v) is 4.34. The van der Waals surface area contributed by atoms with E-state index in [-0.39, 0.29) is 5.82 Å². The normalized spacial score (nSPS) is 18.2. The third kappa shape index (κ3) is 3.71. The molecule has 0 radical (unpaired) electrons. The highest BCUT2D eigenvalue weighted by atomic mass is 79.9. The summed E-state index contributed by atoms with van der Waals surface area (Å²) in [5, 5.41) is 3.52. The van der Waals surface area contributed by atoms with Crippen molar-refractivity contribution in [2.24, 2.45) is 0 Å². The summed E-state index contributed by atoms with van der Waals surface area (Å²) in [7, 11) is 0. The van der Waals surface area contributed by atoms with Crippen molar-refractivity contribution in [1.29, 1.82) is 0 Å². The molecule has 0 bridgehead atoms. The van der Waals surface area contributed by atoms with Crippen molar-refractivity contribution in [3.05, 3.63) is 28.0 Å². The van der Waals surface area contributed by atoms with Gasteiger partial charge in [0.25, 0.3) is 0 Å².